The van der Waals surface area contributed by atoms with E-state index in [1.165, 1.54) is 30.6 Å². The normalized spacial score (nSPS) is 22.9. The van der Waals surface area contributed by atoms with Crippen molar-refractivity contribution in [3.05, 3.63) is 35.4 Å². The molecule has 2 unspecified atom stereocenters. The van der Waals surface area contributed by atoms with E-state index in [1.54, 1.807) is 0 Å². The molecule has 1 saturated heterocycles. The van der Waals surface area contributed by atoms with Gasteiger partial charge in [-0.2, -0.15) is 0 Å². The number of nitrogens with one attached hydrogen (secondary N) is 1. The van der Waals surface area contributed by atoms with Crippen molar-refractivity contribution in [2.24, 2.45) is 11.7 Å². The van der Waals surface area contributed by atoms with E-state index in [9.17, 15) is 0 Å². The lowest BCUT2D eigenvalue weighted by molar-refractivity contribution is 0.351. The molecule has 1 aliphatic heterocycles. The first-order valence-electron chi connectivity index (χ1n) is 6.39. The summed E-state index contributed by atoms with van der Waals surface area (Å²) in [6.45, 7) is 3.01. The molecule has 2 atom stereocenters. The molecule has 2 rings (SSSR count). The molecule has 0 amide bonds. The van der Waals surface area contributed by atoms with E-state index in [0.29, 0.717) is 18.5 Å². The fourth-order valence-electron chi connectivity index (χ4n) is 2.83. The molecular weight excluding hydrogens is 210 g/mol. The van der Waals surface area contributed by atoms with Crippen molar-refractivity contribution in [1.29, 1.82) is 0 Å². The highest BCUT2D eigenvalue weighted by atomic mass is 15.1. The van der Waals surface area contributed by atoms with Crippen LogP contribution in [0.4, 0.5) is 0 Å². The first-order chi connectivity index (χ1) is 8.24. The van der Waals surface area contributed by atoms with Gasteiger partial charge in [-0.15, -0.1) is 0 Å². The first kappa shape index (κ1) is 12.6. The van der Waals surface area contributed by atoms with E-state index in [4.69, 9.17) is 5.73 Å². The summed E-state index contributed by atoms with van der Waals surface area (Å²) in [6.07, 6.45) is 1.27. The van der Waals surface area contributed by atoms with Crippen molar-refractivity contribution in [2.75, 3.05) is 27.2 Å². The van der Waals surface area contributed by atoms with Crippen LogP contribution in [0.5, 0.6) is 0 Å². The Labute approximate surface area is 104 Å². The second-order valence-electron chi connectivity index (χ2n) is 5.03. The first-order valence-corrected chi connectivity index (χ1v) is 6.39. The van der Waals surface area contributed by atoms with Crippen LogP contribution in [0.3, 0.4) is 0 Å². The third-order valence-corrected chi connectivity index (χ3v) is 3.76. The third-order valence-electron chi connectivity index (χ3n) is 3.76. The van der Waals surface area contributed by atoms with Gasteiger partial charge < -0.3 is 16.0 Å². The molecule has 3 heteroatoms. The number of rotatable bonds is 4. The van der Waals surface area contributed by atoms with Crippen molar-refractivity contribution in [3.63, 3.8) is 0 Å². The van der Waals surface area contributed by atoms with Crippen molar-refractivity contribution in [1.82, 2.24) is 10.2 Å². The molecule has 0 bridgehead atoms. The Morgan fingerprint density at radius 2 is 2.35 bits per heavy atom. The zero-order chi connectivity index (χ0) is 12.3. The van der Waals surface area contributed by atoms with Crippen LogP contribution in [0.25, 0.3) is 0 Å². The fourth-order valence-corrected chi connectivity index (χ4v) is 2.83. The summed E-state index contributed by atoms with van der Waals surface area (Å²) in [5.41, 5.74) is 8.30. The average Bonchev–Trinajstić information content (AvgIpc) is 2.77. The smallest absolute Gasteiger partial charge is 0.0359 e. The summed E-state index contributed by atoms with van der Waals surface area (Å²) >= 11 is 0. The lowest BCUT2D eigenvalue weighted by Crippen LogP contribution is -2.27. The summed E-state index contributed by atoms with van der Waals surface area (Å²) < 4.78 is 0. The third kappa shape index (κ3) is 2.86. The lowest BCUT2D eigenvalue weighted by Gasteiger charge is -2.24. The molecule has 94 valence electrons. The molecule has 0 radical (unpaired) electrons. The fraction of sp³-hybridized carbons (Fsp3) is 0.571. The van der Waals surface area contributed by atoms with Gasteiger partial charge in [-0.25, -0.2) is 0 Å². The highest BCUT2D eigenvalue weighted by Crippen LogP contribution is 2.29. The van der Waals surface area contributed by atoms with Crippen molar-refractivity contribution >= 4 is 0 Å². The molecule has 17 heavy (non-hydrogen) atoms. The van der Waals surface area contributed by atoms with Crippen molar-refractivity contribution in [2.45, 2.75) is 19.0 Å². The molecule has 1 aromatic rings. The number of hydrogen-bond donors (Lipinski definition) is 2. The number of hydrogen-bond acceptors (Lipinski definition) is 3. The zero-order valence-electron chi connectivity index (χ0n) is 10.8. The van der Waals surface area contributed by atoms with Crippen LogP contribution >= 0.6 is 0 Å². The van der Waals surface area contributed by atoms with Gasteiger partial charge >= 0.3 is 0 Å². The largest absolute Gasteiger partial charge is 0.326 e. The predicted octanol–water partition coefficient (Wildman–Crippen LogP) is 1.36. The number of benzene rings is 1. The monoisotopic (exact) mass is 233 g/mol. The van der Waals surface area contributed by atoms with Gasteiger partial charge in [-0.3, -0.25) is 0 Å². The number of nitrogens with zero attached hydrogens (tertiary/aromatic N) is 1. The second kappa shape index (κ2) is 5.63. The quantitative estimate of drug-likeness (QED) is 0.825. The molecule has 1 aliphatic rings. The van der Waals surface area contributed by atoms with E-state index in [0.717, 1.165) is 0 Å². The maximum absolute atomic E-state index is 5.71. The second-order valence-corrected chi connectivity index (χ2v) is 5.03. The molecule has 3 N–H and O–H groups in total. The summed E-state index contributed by atoms with van der Waals surface area (Å²) in [5.74, 6) is 0.707. The van der Waals surface area contributed by atoms with E-state index in [2.05, 4.69) is 48.6 Å². The number of likely N-dealkylation sites (tertiary alicyclic amines) is 1. The van der Waals surface area contributed by atoms with Crippen molar-refractivity contribution < 1.29 is 0 Å². The van der Waals surface area contributed by atoms with Gasteiger partial charge in [-0.05, 0) is 44.1 Å². The Hall–Kier alpha value is -0.900. The van der Waals surface area contributed by atoms with Crippen LogP contribution in [-0.2, 0) is 6.54 Å². The SMILES string of the molecule is CNC(c1cccc(CN)c1)C1CCN(C)C1. The minimum absolute atomic E-state index is 0.450. The summed E-state index contributed by atoms with van der Waals surface area (Å²) in [4.78, 5) is 2.40. The van der Waals surface area contributed by atoms with E-state index in [1.807, 2.05) is 0 Å². The molecule has 1 heterocycles. The molecule has 1 fully saturated rings. The standard InChI is InChI=1S/C14H23N3/c1-16-14(13-6-7-17(2)10-13)12-5-3-4-11(8-12)9-15/h3-5,8,13-14,16H,6-7,9-10,15H2,1-2H3. The summed E-state index contributed by atoms with van der Waals surface area (Å²) in [5, 5.41) is 3.46. The maximum Gasteiger partial charge on any atom is 0.0359 e. The summed E-state index contributed by atoms with van der Waals surface area (Å²) in [7, 11) is 4.25. The van der Waals surface area contributed by atoms with Gasteiger partial charge in [0.05, 0.1) is 0 Å². The zero-order valence-corrected chi connectivity index (χ0v) is 10.8. The van der Waals surface area contributed by atoms with Crippen LogP contribution in [0.15, 0.2) is 24.3 Å². The van der Waals surface area contributed by atoms with Crippen LogP contribution in [-0.4, -0.2) is 32.1 Å². The Kier molecular flexibility index (Phi) is 4.15. The van der Waals surface area contributed by atoms with Gasteiger partial charge in [0, 0.05) is 19.1 Å². The molecule has 0 aromatic heterocycles. The lowest BCUT2D eigenvalue weighted by atomic mass is 9.91. The molecule has 0 aliphatic carbocycles. The van der Waals surface area contributed by atoms with E-state index in [-0.39, 0.29) is 0 Å². The van der Waals surface area contributed by atoms with E-state index >= 15 is 0 Å². The van der Waals surface area contributed by atoms with Gasteiger partial charge in [0.15, 0.2) is 0 Å². The Bertz CT molecular complexity index is 364. The van der Waals surface area contributed by atoms with Gasteiger partial charge in [0.1, 0.15) is 0 Å². The minimum Gasteiger partial charge on any atom is -0.326 e. The maximum atomic E-state index is 5.71. The molecule has 0 saturated carbocycles. The summed E-state index contributed by atoms with van der Waals surface area (Å²) in [6, 6.07) is 9.10. The Balaban J connectivity index is 2.16. The van der Waals surface area contributed by atoms with Gasteiger partial charge in [0.2, 0.25) is 0 Å². The minimum atomic E-state index is 0.450. The van der Waals surface area contributed by atoms with Crippen LogP contribution in [0.2, 0.25) is 0 Å². The topological polar surface area (TPSA) is 41.3 Å². The van der Waals surface area contributed by atoms with Crippen LogP contribution < -0.4 is 11.1 Å². The number of nitrogens with two attached hydrogens (primary N) is 1. The predicted molar refractivity (Wildman–Crippen MR) is 71.7 cm³/mol. The molecule has 3 nitrogen and oxygen atoms in total. The Morgan fingerprint density at radius 3 is 2.94 bits per heavy atom. The average molecular weight is 233 g/mol. The van der Waals surface area contributed by atoms with Crippen molar-refractivity contribution in [3.8, 4) is 0 Å². The van der Waals surface area contributed by atoms with E-state index < -0.39 is 0 Å². The highest BCUT2D eigenvalue weighted by Gasteiger charge is 2.27. The van der Waals surface area contributed by atoms with Gasteiger partial charge in [0.25, 0.3) is 0 Å². The van der Waals surface area contributed by atoms with Gasteiger partial charge in [-0.1, -0.05) is 24.3 Å². The highest BCUT2D eigenvalue weighted by molar-refractivity contribution is 5.26. The molecule has 0 spiro atoms. The molecule has 1 aromatic carbocycles. The van der Waals surface area contributed by atoms with Crippen LogP contribution in [0.1, 0.15) is 23.6 Å². The molecular formula is C14H23N3. The Morgan fingerprint density at radius 1 is 1.53 bits per heavy atom. The van der Waals surface area contributed by atoms with Crippen LogP contribution in [0, 0.1) is 5.92 Å².